The van der Waals surface area contributed by atoms with Gasteiger partial charge in [-0.1, -0.05) is 30.3 Å². The monoisotopic (exact) mass is 473 g/mol. The van der Waals surface area contributed by atoms with Gasteiger partial charge in [0, 0.05) is 28.3 Å². The molecule has 2 heterocycles. The number of halogens is 1. The molecule has 0 saturated carbocycles. The van der Waals surface area contributed by atoms with Crippen LogP contribution >= 0.6 is 0 Å². The summed E-state index contributed by atoms with van der Waals surface area (Å²) < 4.78 is 26.4. The quantitative estimate of drug-likeness (QED) is 0.286. The van der Waals surface area contributed by atoms with Gasteiger partial charge in [-0.15, -0.1) is 4.91 Å². The van der Waals surface area contributed by atoms with Crippen LogP contribution in [0, 0.1) is 10.7 Å². The summed E-state index contributed by atoms with van der Waals surface area (Å²) in [5.41, 5.74) is 2.65. The number of aromatic nitrogens is 1. The molecule has 35 heavy (non-hydrogen) atoms. The van der Waals surface area contributed by atoms with Gasteiger partial charge in [-0.3, -0.25) is 4.79 Å². The van der Waals surface area contributed by atoms with Crippen LogP contribution in [0.1, 0.15) is 16.7 Å². The van der Waals surface area contributed by atoms with Gasteiger partial charge in [0.25, 0.3) is 0 Å². The van der Waals surface area contributed by atoms with E-state index in [1.165, 1.54) is 22.8 Å². The summed E-state index contributed by atoms with van der Waals surface area (Å²) in [6, 6.07) is 16.9. The van der Waals surface area contributed by atoms with Crippen molar-refractivity contribution in [3.05, 3.63) is 94.2 Å². The number of nitroso groups, excluding NO2 is 1. The lowest BCUT2D eigenvalue weighted by molar-refractivity contribution is -0.111. The van der Waals surface area contributed by atoms with Crippen LogP contribution in [0.4, 0.5) is 15.8 Å². The third-order valence-corrected chi connectivity index (χ3v) is 5.68. The van der Waals surface area contributed by atoms with Gasteiger partial charge in [0.05, 0.1) is 18.7 Å². The molecule has 5 rings (SSSR count). The summed E-state index contributed by atoms with van der Waals surface area (Å²) in [5.74, 6) is -0.713. The Balaban J connectivity index is 1.46. The highest BCUT2D eigenvalue weighted by molar-refractivity contribution is 6.04. The normalized spacial score (nSPS) is 12.9. The molecule has 0 unspecified atom stereocenters. The molecule has 0 atom stereocenters. The molecule has 1 aromatic heterocycles. The molecule has 0 radical (unpaired) electrons. The zero-order chi connectivity index (χ0) is 24.4. The van der Waals surface area contributed by atoms with Gasteiger partial charge >= 0.3 is 0 Å². The Morgan fingerprint density at radius 3 is 2.80 bits per heavy atom. The Kier molecular flexibility index (Phi) is 5.99. The van der Waals surface area contributed by atoms with Crippen LogP contribution in [-0.2, 0) is 22.7 Å². The number of amides is 1. The number of anilines is 1. The fraction of sp³-hybridized carbons (Fsp3) is 0.115. The summed E-state index contributed by atoms with van der Waals surface area (Å²) in [5, 5.41) is 16.8. The third kappa shape index (κ3) is 4.49. The summed E-state index contributed by atoms with van der Waals surface area (Å²) in [4.78, 5) is 23.9. The van der Waals surface area contributed by atoms with Crippen LogP contribution in [0.15, 0.2) is 71.9 Å². The SMILES string of the molecule is O=Nc1c(O)n(Cc2cc(F)cc3c2OCOC3)c2ccc(NC(=O)/C=C/c3ccccc3)cc12. The van der Waals surface area contributed by atoms with Crippen molar-refractivity contribution in [1.82, 2.24) is 4.57 Å². The van der Waals surface area contributed by atoms with E-state index in [0.29, 0.717) is 33.5 Å². The van der Waals surface area contributed by atoms with Gasteiger partial charge in [-0.2, -0.15) is 0 Å². The van der Waals surface area contributed by atoms with E-state index < -0.39 is 5.82 Å². The maximum Gasteiger partial charge on any atom is 0.248 e. The van der Waals surface area contributed by atoms with E-state index in [1.807, 2.05) is 30.3 Å². The molecule has 0 bridgehead atoms. The molecule has 0 spiro atoms. The predicted molar refractivity (Wildman–Crippen MR) is 129 cm³/mol. The third-order valence-electron chi connectivity index (χ3n) is 5.68. The zero-order valence-corrected chi connectivity index (χ0v) is 18.4. The van der Waals surface area contributed by atoms with E-state index in [9.17, 15) is 19.2 Å². The molecule has 1 aliphatic heterocycles. The van der Waals surface area contributed by atoms with Crippen molar-refractivity contribution < 1.29 is 23.8 Å². The molecule has 4 aromatic rings. The van der Waals surface area contributed by atoms with Crippen LogP contribution in [0.2, 0.25) is 0 Å². The van der Waals surface area contributed by atoms with E-state index >= 15 is 0 Å². The standard InChI is InChI=1S/C26H20FN3O5/c27-19-10-17(25-18(11-19)14-34-15-35-25)13-30-22-8-7-20(12-21(22)24(29-33)26(30)32)28-23(31)9-6-16-4-2-1-3-5-16/h1-12,32H,13-15H2,(H,28,31)/b9-6+. The molecule has 1 aliphatic rings. The Morgan fingerprint density at radius 1 is 1.17 bits per heavy atom. The smallest absolute Gasteiger partial charge is 0.248 e. The molecule has 0 aliphatic carbocycles. The number of carbonyl (C=O) groups excluding carboxylic acids is 1. The Morgan fingerprint density at radius 2 is 2.00 bits per heavy atom. The molecule has 0 fully saturated rings. The highest BCUT2D eigenvalue weighted by Crippen LogP contribution is 2.41. The van der Waals surface area contributed by atoms with E-state index in [1.54, 1.807) is 24.3 Å². The van der Waals surface area contributed by atoms with E-state index in [-0.39, 0.29) is 37.4 Å². The number of hydrogen-bond donors (Lipinski definition) is 2. The summed E-state index contributed by atoms with van der Waals surface area (Å²) in [6.07, 6.45) is 3.08. The molecule has 8 nitrogen and oxygen atoms in total. The Labute approximate surface area is 199 Å². The van der Waals surface area contributed by atoms with E-state index in [4.69, 9.17) is 9.47 Å². The molecule has 9 heteroatoms. The van der Waals surface area contributed by atoms with Gasteiger partial charge in [-0.05, 0) is 47.1 Å². The lowest BCUT2D eigenvalue weighted by atomic mass is 10.1. The minimum Gasteiger partial charge on any atom is -0.493 e. The van der Waals surface area contributed by atoms with Crippen molar-refractivity contribution in [1.29, 1.82) is 0 Å². The number of fused-ring (bicyclic) bond motifs is 2. The van der Waals surface area contributed by atoms with Gasteiger partial charge < -0.3 is 24.5 Å². The number of carbonyl (C=O) groups is 1. The number of nitrogens with one attached hydrogen (secondary N) is 1. The number of aromatic hydroxyl groups is 1. The van der Waals surface area contributed by atoms with Crippen molar-refractivity contribution >= 4 is 34.3 Å². The van der Waals surface area contributed by atoms with Crippen molar-refractivity contribution in [3.8, 4) is 11.6 Å². The van der Waals surface area contributed by atoms with Gasteiger partial charge in [-0.25, -0.2) is 4.39 Å². The minimum absolute atomic E-state index is 0.0312. The number of rotatable bonds is 6. The molecule has 2 N–H and O–H groups in total. The first-order valence-electron chi connectivity index (χ1n) is 10.8. The molecular formula is C26H20FN3O5. The van der Waals surface area contributed by atoms with Crippen molar-refractivity contribution in [2.24, 2.45) is 5.18 Å². The van der Waals surface area contributed by atoms with Crippen LogP contribution in [-0.4, -0.2) is 22.4 Å². The summed E-state index contributed by atoms with van der Waals surface area (Å²) >= 11 is 0. The van der Waals surface area contributed by atoms with Crippen LogP contribution in [0.25, 0.3) is 17.0 Å². The highest BCUT2D eigenvalue weighted by atomic mass is 19.1. The average Bonchev–Trinajstić information content (AvgIpc) is 3.13. The first kappa shape index (κ1) is 22.3. The topological polar surface area (TPSA) is 102 Å². The molecular weight excluding hydrogens is 453 g/mol. The lowest BCUT2D eigenvalue weighted by Crippen LogP contribution is -2.14. The van der Waals surface area contributed by atoms with Gasteiger partial charge in [0.2, 0.25) is 11.8 Å². The number of benzene rings is 3. The minimum atomic E-state index is -0.467. The van der Waals surface area contributed by atoms with Crippen molar-refractivity contribution in [3.63, 3.8) is 0 Å². The van der Waals surface area contributed by atoms with E-state index in [0.717, 1.165) is 5.56 Å². The summed E-state index contributed by atoms with van der Waals surface area (Å²) in [7, 11) is 0. The van der Waals surface area contributed by atoms with E-state index in [2.05, 4.69) is 10.5 Å². The van der Waals surface area contributed by atoms with Crippen LogP contribution in [0.3, 0.4) is 0 Å². The predicted octanol–water partition coefficient (Wildman–Crippen LogP) is 5.45. The number of hydrogen-bond acceptors (Lipinski definition) is 6. The second kappa shape index (κ2) is 9.40. The fourth-order valence-electron chi connectivity index (χ4n) is 4.12. The lowest BCUT2D eigenvalue weighted by Gasteiger charge is -2.21. The fourth-order valence-corrected chi connectivity index (χ4v) is 4.12. The molecule has 0 saturated heterocycles. The Hall–Kier alpha value is -4.50. The number of ether oxygens (including phenoxy) is 2. The molecule has 1 amide bonds. The summed E-state index contributed by atoms with van der Waals surface area (Å²) in [6.45, 7) is 0.276. The number of nitrogens with zero attached hydrogens (tertiary/aromatic N) is 2. The first-order valence-corrected chi connectivity index (χ1v) is 10.8. The highest BCUT2D eigenvalue weighted by Gasteiger charge is 2.22. The first-order chi connectivity index (χ1) is 17.0. The zero-order valence-electron chi connectivity index (χ0n) is 18.4. The molecule has 176 valence electrons. The van der Waals surface area contributed by atoms with Gasteiger partial charge in [0.1, 0.15) is 11.6 Å². The van der Waals surface area contributed by atoms with Crippen molar-refractivity contribution in [2.75, 3.05) is 12.1 Å². The second-order valence-electron chi connectivity index (χ2n) is 7.98. The van der Waals surface area contributed by atoms with Gasteiger partial charge in [0.15, 0.2) is 12.5 Å². The van der Waals surface area contributed by atoms with Crippen molar-refractivity contribution in [2.45, 2.75) is 13.2 Å². The van der Waals surface area contributed by atoms with Crippen LogP contribution in [0.5, 0.6) is 11.6 Å². The molecule has 3 aromatic carbocycles. The largest absolute Gasteiger partial charge is 0.493 e. The van der Waals surface area contributed by atoms with Crippen LogP contribution < -0.4 is 10.1 Å². The average molecular weight is 473 g/mol. The Bertz CT molecular complexity index is 1460. The maximum atomic E-state index is 14.2. The second-order valence-corrected chi connectivity index (χ2v) is 7.98. The maximum absolute atomic E-state index is 14.2.